The molecule has 1 heterocycles. The smallest absolute Gasteiger partial charge is 0.152 e. The Hall–Kier alpha value is -1.77. The fourth-order valence-electron chi connectivity index (χ4n) is 1.33. The molecule has 0 aromatic heterocycles. The molecule has 0 atom stereocenters. The van der Waals surface area contributed by atoms with E-state index >= 15 is 0 Å². The van der Waals surface area contributed by atoms with E-state index in [0.29, 0.717) is 6.67 Å². The summed E-state index contributed by atoms with van der Waals surface area (Å²) in [4.78, 5) is 6.24. The zero-order chi connectivity index (χ0) is 9.80. The second-order valence-electron chi connectivity index (χ2n) is 2.99. The van der Waals surface area contributed by atoms with Crippen molar-refractivity contribution in [2.24, 2.45) is 4.99 Å². The third-order valence-corrected chi connectivity index (χ3v) is 2.06. The van der Waals surface area contributed by atoms with E-state index in [-0.39, 0.29) is 0 Å². The maximum absolute atomic E-state index is 5.11. The number of allylic oxidation sites excluding steroid dienone is 1. The molecule has 2 rings (SSSR count). The molecule has 0 aliphatic carbocycles. The Morgan fingerprint density at radius 3 is 2.79 bits per heavy atom. The number of hydrogen-bond acceptors (Lipinski definition) is 3. The number of nitrogens with zero attached hydrogens (tertiary/aromatic N) is 2. The molecule has 0 spiro atoms. The van der Waals surface area contributed by atoms with Crippen molar-refractivity contribution in [2.45, 2.75) is 0 Å². The van der Waals surface area contributed by atoms with Gasteiger partial charge in [0.15, 0.2) is 5.76 Å². The Labute approximate surface area is 83.3 Å². The molecule has 0 saturated carbocycles. The molecule has 0 N–H and O–H groups in total. The molecule has 3 heteroatoms. The number of ether oxygens (including phenoxy) is 1. The zero-order valence-electron chi connectivity index (χ0n) is 8.05. The molecule has 3 nitrogen and oxygen atoms in total. The van der Waals surface area contributed by atoms with Gasteiger partial charge in [-0.3, -0.25) is 4.99 Å². The first-order chi connectivity index (χ1) is 6.90. The van der Waals surface area contributed by atoms with Crippen molar-refractivity contribution >= 4 is 11.9 Å². The maximum Gasteiger partial charge on any atom is 0.152 e. The predicted octanol–water partition coefficient (Wildman–Crippen LogP) is 2.02. The fraction of sp³-hybridized carbons (Fsp3) is 0.182. The topological polar surface area (TPSA) is 24.8 Å². The molecule has 14 heavy (non-hydrogen) atoms. The van der Waals surface area contributed by atoms with E-state index in [2.05, 4.69) is 4.99 Å². The van der Waals surface area contributed by atoms with Gasteiger partial charge in [-0.2, -0.15) is 0 Å². The predicted molar refractivity (Wildman–Crippen MR) is 57.4 cm³/mol. The van der Waals surface area contributed by atoms with Gasteiger partial charge in [0, 0.05) is 11.9 Å². The summed E-state index contributed by atoms with van der Waals surface area (Å²) in [6.07, 6.45) is 3.68. The van der Waals surface area contributed by atoms with Crippen LogP contribution in [-0.4, -0.2) is 20.0 Å². The quantitative estimate of drug-likeness (QED) is 0.709. The summed E-state index contributed by atoms with van der Waals surface area (Å²) in [5.41, 5.74) is 1.12. The average molecular weight is 188 g/mol. The Morgan fingerprint density at radius 2 is 2.07 bits per heavy atom. The Bertz CT molecular complexity index is 357. The molecule has 72 valence electrons. The summed E-state index contributed by atoms with van der Waals surface area (Å²) in [5, 5.41) is 0. The lowest BCUT2D eigenvalue weighted by Crippen LogP contribution is -2.20. The molecular formula is C11H12N2O. The molecule has 0 fully saturated rings. The van der Waals surface area contributed by atoms with Crippen molar-refractivity contribution in [3.8, 4) is 0 Å². The van der Waals surface area contributed by atoms with Crippen LogP contribution in [-0.2, 0) is 4.74 Å². The lowest BCUT2D eigenvalue weighted by molar-refractivity contribution is 0.314. The highest BCUT2D eigenvalue weighted by atomic mass is 16.5. The Kier molecular flexibility index (Phi) is 2.49. The highest BCUT2D eigenvalue weighted by Crippen LogP contribution is 2.16. The number of hydrogen-bond donors (Lipinski definition) is 0. The summed E-state index contributed by atoms with van der Waals surface area (Å²) in [7, 11) is 1.65. The van der Waals surface area contributed by atoms with Crippen molar-refractivity contribution in [3.63, 3.8) is 0 Å². The van der Waals surface area contributed by atoms with Gasteiger partial charge < -0.3 is 9.64 Å². The van der Waals surface area contributed by atoms with Crippen LogP contribution in [0.5, 0.6) is 0 Å². The molecule has 0 bridgehead atoms. The monoisotopic (exact) mass is 188 g/mol. The first kappa shape index (κ1) is 8.81. The molecule has 1 aromatic rings. The highest BCUT2D eigenvalue weighted by molar-refractivity contribution is 5.78. The van der Waals surface area contributed by atoms with Gasteiger partial charge in [0.25, 0.3) is 0 Å². The molecule has 1 aliphatic heterocycles. The number of methoxy groups -OCH3 is 1. The second-order valence-corrected chi connectivity index (χ2v) is 2.99. The van der Waals surface area contributed by atoms with Gasteiger partial charge in [0.2, 0.25) is 0 Å². The molecule has 0 unspecified atom stereocenters. The van der Waals surface area contributed by atoms with Crippen LogP contribution in [0, 0.1) is 0 Å². The van der Waals surface area contributed by atoms with Crippen LogP contribution < -0.4 is 4.90 Å². The Balaban J connectivity index is 2.21. The molecule has 1 aromatic carbocycles. The van der Waals surface area contributed by atoms with Gasteiger partial charge in [-0.15, -0.1) is 0 Å². The summed E-state index contributed by atoms with van der Waals surface area (Å²) in [6.45, 7) is 0.650. The van der Waals surface area contributed by atoms with Crippen LogP contribution >= 0.6 is 0 Å². The van der Waals surface area contributed by atoms with Crippen LogP contribution in [0.3, 0.4) is 0 Å². The van der Waals surface area contributed by atoms with Crippen LogP contribution in [0.25, 0.3) is 0 Å². The molecule has 0 radical (unpaired) electrons. The van der Waals surface area contributed by atoms with Crippen molar-refractivity contribution in [2.75, 3.05) is 18.7 Å². The summed E-state index contributed by atoms with van der Waals surface area (Å²) in [6, 6.07) is 10.1. The van der Waals surface area contributed by atoms with Crippen molar-refractivity contribution < 1.29 is 4.74 Å². The van der Waals surface area contributed by atoms with Crippen molar-refractivity contribution in [1.29, 1.82) is 0 Å². The second kappa shape index (κ2) is 3.96. The van der Waals surface area contributed by atoms with Gasteiger partial charge >= 0.3 is 0 Å². The minimum absolute atomic E-state index is 0.650. The number of rotatable bonds is 2. The van der Waals surface area contributed by atoms with E-state index in [9.17, 15) is 0 Å². The molecule has 0 saturated heterocycles. The maximum atomic E-state index is 5.11. The molecule has 1 aliphatic rings. The third kappa shape index (κ3) is 1.76. The summed E-state index contributed by atoms with van der Waals surface area (Å²) < 4.78 is 5.11. The number of benzene rings is 1. The van der Waals surface area contributed by atoms with Crippen LogP contribution in [0.2, 0.25) is 0 Å². The minimum atomic E-state index is 0.650. The summed E-state index contributed by atoms with van der Waals surface area (Å²) in [5.74, 6) is 0.778. The minimum Gasteiger partial charge on any atom is -0.494 e. The molecule has 0 amide bonds. The fourth-order valence-corrected chi connectivity index (χ4v) is 1.33. The largest absolute Gasteiger partial charge is 0.494 e. The van der Waals surface area contributed by atoms with Gasteiger partial charge in [0.1, 0.15) is 6.67 Å². The lowest BCUT2D eigenvalue weighted by atomic mass is 10.3. The van der Waals surface area contributed by atoms with E-state index in [1.54, 1.807) is 13.3 Å². The molecular weight excluding hydrogens is 176 g/mol. The average Bonchev–Trinajstić information content (AvgIpc) is 2.30. The van der Waals surface area contributed by atoms with E-state index in [1.807, 2.05) is 41.4 Å². The van der Waals surface area contributed by atoms with E-state index in [0.717, 1.165) is 11.4 Å². The lowest BCUT2D eigenvalue weighted by Gasteiger charge is -2.21. The van der Waals surface area contributed by atoms with E-state index in [4.69, 9.17) is 4.74 Å². The highest BCUT2D eigenvalue weighted by Gasteiger charge is 2.07. The van der Waals surface area contributed by atoms with Crippen molar-refractivity contribution in [3.05, 3.63) is 42.3 Å². The number of anilines is 1. The van der Waals surface area contributed by atoms with E-state index in [1.165, 1.54) is 0 Å². The standard InChI is InChI=1S/C11H12N2O/c1-14-11-7-12-9-13(8-11)10-5-3-2-4-6-10/h2-8H,9H2,1H3. The first-order valence-electron chi connectivity index (χ1n) is 4.47. The normalized spacial score (nSPS) is 15.2. The third-order valence-electron chi connectivity index (χ3n) is 2.06. The summed E-state index contributed by atoms with van der Waals surface area (Å²) >= 11 is 0. The Morgan fingerprint density at radius 1 is 1.29 bits per heavy atom. The van der Waals surface area contributed by atoms with Gasteiger partial charge in [-0.1, -0.05) is 18.2 Å². The van der Waals surface area contributed by atoms with Gasteiger partial charge in [-0.05, 0) is 12.1 Å². The first-order valence-corrected chi connectivity index (χ1v) is 4.47. The van der Waals surface area contributed by atoms with Crippen LogP contribution in [0.15, 0.2) is 47.3 Å². The van der Waals surface area contributed by atoms with Crippen LogP contribution in [0.4, 0.5) is 5.69 Å². The number of para-hydroxylation sites is 1. The SMILES string of the molecule is COC1=CN(c2ccccc2)CN=C1. The van der Waals surface area contributed by atoms with Crippen LogP contribution in [0.1, 0.15) is 0 Å². The van der Waals surface area contributed by atoms with Gasteiger partial charge in [-0.25, -0.2) is 0 Å². The van der Waals surface area contributed by atoms with Gasteiger partial charge in [0.05, 0.1) is 13.3 Å². The van der Waals surface area contributed by atoms with E-state index < -0.39 is 0 Å². The number of aliphatic imine (C=N–C) groups is 1. The van der Waals surface area contributed by atoms with Crippen molar-refractivity contribution in [1.82, 2.24) is 0 Å². The zero-order valence-corrected chi connectivity index (χ0v) is 8.05.